The van der Waals surface area contributed by atoms with Crippen LogP contribution in [0.3, 0.4) is 0 Å². The van der Waals surface area contributed by atoms with E-state index in [1.54, 1.807) is 43.5 Å². The lowest BCUT2D eigenvalue weighted by molar-refractivity contribution is 0.0941. The van der Waals surface area contributed by atoms with Crippen molar-refractivity contribution >= 4 is 21.6 Å². The predicted molar refractivity (Wildman–Crippen MR) is 127 cm³/mol. The van der Waals surface area contributed by atoms with Gasteiger partial charge in [-0.25, -0.2) is 8.42 Å². The predicted octanol–water partition coefficient (Wildman–Crippen LogP) is 5.11. The van der Waals surface area contributed by atoms with Gasteiger partial charge in [0.05, 0.1) is 29.3 Å². The Hall–Kier alpha value is -3.32. The largest absolute Gasteiger partial charge is 0.496 e. The molecule has 0 spiro atoms. The number of ether oxygens (including phenoxy) is 1. The lowest BCUT2D eigenvalue weighted by Crippen LogP contribution is -2.28. The van der Waals surface area contributed by atoms with Crippen LogP contribution < -0.4 is 14.8 Å². The Bertz CT molecular complexity index is 1190. The smallest absolute Gasteiger partial charge is 0.261 e. The van der Waals surface area contributed by atoms with Crippen molar-refractivity contribution in [3.05, 3.63) is 89.5 Å². The summed E-state index contributed by atoms with van der Waals surface area (Å²) < 4.78 is 34.1. The average Bonchev–Trinajstić information content (AvgIpc) is 2.79. The van der Waals surface area contributed by atoms with E-state index in [9.17, 15) is 13.2 Å². The molecule has 6 nitrogen and oxygen atoms in total. The molecule has 0 aliphatic carbocycles. The zero-order valence-corrected chi connectivity index (χ0v) is 19.4. The minimum atomic E-state index is -3.92. The Morgan fingerprint density at radius 3 is 2.22 bits per heavy atom. The Balaban J connectivity index is 1.87. The van der Waals surface area contributed by atoms with Crippen LogP contribution in [0.25, 0.3) is 0 Å². The van der Waals surface area contributed by atoms with Gasteiger partial charge >= 0.3 is 0 Å². The van der Waals surface area contributed by atoms with Crippen molar-refractivity contribution in [2.24, 2.45) is 0 Å². The van der Waals surface area contributed by atoms with Crippen LogP contribution in [-0.2, 0) is 10.0 Å². The maximum Gasteiger partial charge on any atom is 0.261 e. The first kappa shape index (κ1) is 23.3. The second kappa shape index (κ2) is 9.87. The molecule has 3 aromatic carbocycles. The SMILES string of the molecule is COc1ccc(S(=O)(=O)Nc2ccccc2C(=O)N[C@@H](C)c2ccccc2)cc1C(C)C. The number of hydrogen-bond donors (Lipinski definition) is 2. The van der Waals surface area contributed by atoms with E-state index in [1.807, 2.05) is 51.1 Å². The topological polar surface area (TPSA) is 84.5 Å². The third kappa shape index (κ3) is 5.29. The van der Waals surface area contributed by atoms with E-state index in [2.05, 4.69) is 10.0 Å². The first-order chi connectivity index (χ1) is 15.2. The van der Waals surface area contributed by atoms with Crippen molar-refractivity contribution in [2.45, 2.75) is 37.6 Å². The number of carbonyl (C=O) groups excluding carboxylic acids is 1. The molecule has 1 atom stereocenters. The molecule has 3 aromatic rings. The van der Waals surface area contributed by atoms with Crippen LogP contribution in [0.1, 0.15) is 54.2 Å². The van der Waals surface area contributed by atoms with E-state index in [1.165, 1.54) is 6.07 Å². The first-order valence-corrected chi connectivity index (χ1v) is 11.9. The van der Waals surface area contributed by atoms with Crippen LogP contribution in [-0.4, -0.2) is 21.4 Å². The summed E-state index contributed by atoms with van der Waals surface area (Å²) in [6.07, 6.45) is 0. The van der Waals surface area contributed by atoms with E-state index in [0.29, 0.717) is 5.75 Å². The molecule has 0 saturated heterocycles. The molecule has 0 bridgehead atoms. The third-order valence-electron chi connectivity index (χ3n) is 5.20. The quantitative estimate of drug-likeness (QED) is 0.497. The normalized spacial score (nSPS) is 12.3. The van der Waals surface area contributed by atoms with Crippen LogP contribution in [0.15, 0.2) is 77.7 Å². The van der Waals surface area contributed by atoms with Crippen molar-refractivity contribution in [1.29, 1.82) is 0 Å². The molecule has 7 heteroatoms. The van der Waals surface area contributed by atoms with E-state index in [0.717, 1.165) is 11.1 Å². The number of rotatable bonds is 8. The molecule has 0 aliphatic rings. The molecule has 168 valence electrons. The number of methoxy groups -OCH3 is 1. The van der Waals surface area contributed by atoms with Crippen LogP contribution in [0.5, 0.6) is 5.75 Å². The molecule has 0 heterocycles. The van der Waals surface area contributed by atoms with Gasteiger partial charge in [-0.1, -0.05) is 56.3 Å². The number of nitrogens with one attached hydrogen (secondary N) is 2. The van der Waals surface area contributed by atoms with Crippen molar-refractivity contribution in [1.82, 2.24) is 5.32 Å². The Morgan fingerprint density at radius 1 is 0.906 bits per heavy atom. The van der Waals surface area contributed by atoms with Crippen LogP contribution in [0.2, 0.25) is 0 Å². The number of amides is 1. The summed E-state index contributed by atoms with van der Waals surface area (Å²) >= 11 is 0. The van der Waals surface area contributed by atoms with Crippen LogP contribution in [0, 0.1) is 0 Å². The van der Waals surface area contributed by atoms with Gasteiger partial charge in [-0.15, -0.1) is 0 Å². The van der Waals surface area contributed by atoms with E-state index >= 15 is 0 Å². The fourth-order valence-corrected chi connectivity index (χ4v) is 4.52. The fraction of sp³-hybridized carbons (Fsp3) is 0.240. The third-order valence-corrected chi connectivity index (χ3v) is 6.56. The van der Waals surface area contributed by atoms with Gasteiger partial charge in [-0.3, -0.25) is 9.52 Å². The van der Waals surface area contributed by atoms with Gasteiger partial charge in [0.2, 0.25) is 0 Å². The molecule has 3 rings (SSSR count). The molecular formula is C25H28N2O4S. The van der Waals surface area contributed by atoms with Gasteiger partial charge in [0.1, 0.15) is 5.75 Å². The van der Waals surface area contributed by atoms with E-state index < -0.39 is 10.0 Å². The Kier molecular flexibility index (Phi) is 7.20. The summed E-state index contributed by atoms with van der Waals surface area (Å²) in [6, 6.07) is 20.6. The summed E-state index contributed by atoms with van der Waals surface area (Å²) in [5, 5.41) is 2.93. The van der Waals surface area contributed by atoms with Crippen LogP contribution >= 0.6 is 0 Å². The minimum absolute atomic E-state index is 0.0811. The van der Waals surface area contributed by atoms with Gasteiger partial charge in [0.15, 0.2) is 0 Å². The second-order valence-corrected chi connectivity index (χ2v) is 9.50. The first-order valence-electron chi connectivity index (χ1n) is 10.4. The zero-order chi connectivity index (χ0) is 23.3. The number of para-hydroxylation sites is 1. The molecule has 0 saturated carbocycles. The van der Waals surface area contributed by atoms with Gasteiger partial charge in [0.25, 0.3) is 15.9 Å². The molecule has 0 fully saturated rings. The highest BCUT2D eigenvalue weighted by molar-refractivity contribution is 7.92. The second-order valence-electron chi connectivity index (χ2n) is 7.82. The maximum absolute atomic E-state index is 13.1. The number of anilines is 1. The molecule has 0 radical (unpaired) electrons. The zero-order valence-electron chi connectivity index (χ0n) is 18.6. The fourth-order valence-electron chi connectivity index (χ4n) is 3.40. The van der Waals surface area contributed by atoms with Gasteiger partial charge < -0.3 is 10.1 Å². The summed E-state index contributed by atoms with van der Waals surface area (Å²) in [7, 11) is -2.36. The standard InChI is InChI=1S/C25H28N2O4S/c1-17(2)22-16-20(14-15-24(22)31-4)32(29,30)27-23-13-9-8-12-21(23)25(28)26-18(3)19-10-6-5-7-11-19/h5-18,27H,1-4H3,(H,26,28)/t18-/m0/s1. The van der Waals surface area contributed by atoms with E-state index in [4.69, 9.17) is 4.74 Å². The van der Waals surface area contributed by atoms with Crippen molar-refractivity contribution in [3.63, 3.8) is 0 Å². The van der Waals surface area contributed by atoms with Gasteiger partial charge in [-0.05, 0) is 54.3 Å². The highest BCUT2D eigenvalue weighted by atomic mass is 32.2. The average molecular weight is 453 g/mol. The number of benzene rings is 3. The highest BCUT2D eigenvalue weighted by Crippen LogP contribution is 2.30. The Morgan fingerprint density at radius 2 is 1.56 bits per heavy atom. The molecule has 2 N–H and O–H groups in total. The number of sulfonamides is 1. The molecular weight excluding hydrogens is 424 g/mol. The molecule has 1 amide bonds. The van der Waals surface area contributed by atoms with Crippen molar-refractivity contribution < 1.29 is 17.9 Å². The minimum Gasteiger partial charge on any atom is -0.496 e. The molecule has 0 aliphatic heterocycles. The Labute approximate surface area is 189 Å². The maximum atomic E-state index is 13.1. The van der Waals surface area contributed by atoms with Gasteiger partial charge in [-0.2, -0.15) is 0 Å². The lowest BCUT2D eigenvalue weighted by Gasteiger charge is -2.18. The molecule has 32 heavy (non-hydrogen) atoms. The summed E-state index contributed by atoms with van der Waals surface area (Å²) in [6.45, 7) is 5.81. The van der Waals surface area contributed by atoms with Gasteiger partial charge in [0, 0.05) is 0 Å². The molecule has 0 unspecified atom stereocenters. The number of hydrogen-bond acceptors (Lipinski definition) is 4. The summed E-state index contributed by atoms with van der Waals surface area (Å²) in [5.41, 5.74) is 2.21. The van der Waals surface area contributed by atoms with Crippen molar-refractivity contribution in [3.8, 4) is 5.75 Å². The highest BCUT2D eigenvalue weighted by Gasteiger charge is 2.21. The number of carbonyl (C=O) groups is 1. The van der Waals surface area contributed by atoms with Crippen LogP contribution in [0.4, 0.5) is 5.69 Å². The summed E-state index contributed by atoms with van der Waals surface area (Å²) in [5.74, 6) is 0.350. The molecule has 0 aromatic heterocycles. The van der Waals surface area contributed by atoms with E-state index in [-0.39, 0.29) is 34.0 Å². The lowest BCUT2D eigenvalue weighted by atomic mass is 10.0. The van der Waals surface area contributed by atoms with Crippen molar-refractivity contribution in [2.75, 3.05) is 11.8 Å². The monoisotopic (exact) mass is 452 g/mol. The summed E-state index contributed by atoms with van der Waals surface area (Å²) in [4.78, 5) is 13.0.